The molecule has 1 aliphatic carbocycles. The molecule has 2 atom stereocenters. The molecule has 1 aliphatic rings. The monoisotopic (exact) mass is 392 g/mol. The van der Waals surface area contributed by atoms with Crippen LogP contribution in [-0.2, 0) is 4.79 Å². The Labute approximate surface area is 164 Å². The van der Waals surface area contributed by atoms with Gasteiger partial charge < -0.3 is 11.1 Å². The number of rotatable bonds is 5. The van der Waals surface area contributed by atoms with E-state index < -0.39 is 17.8 Å². The number of aromatic nitrogens is 1. The Morgan fingerprint density at radius 2 is 1.81 bits per heavy atom. The van der Waals surface area contributed by atoms with E-state index in [9.17, 15) is 14.4 Å². The van der Waals surface area contributed by atoms with Gasteiger partial charge in [0.05, 0.1) is 11.3 Å². The fraction of sp³-hybridized carbons (Fsp3) is 0.579. The molecule has 1 aromatic rings. The van der Waals surface area contributed by atoms with Crippen LogP contribution in [0.2, 0.25) is 0 Å². The maximum absolute atomic E-state index is 12.1. The van der Waals surface area contributed by atoms with Crippen molar-refractivity contribution in [3.05, 3.63) is 22.4 Å². The molecule has 0 aliphatic heterocycles. The van der Waals surface area contributed by atoms with E-state index in [-0.39, 0.29) is 11.8 Å². The lowest BCUT2D eigenvalue weighted by molar-refractivity contribution is -0.117. The molecule has 1 aromatic heterocycles. The van der Waals surface area contributed by atoms with Gasteiger partial charge in [-0.3, -0.25) is 14.9 Å². The summed E-state index contributed by atoms with van der Waals surface area (Å²) in [4.78, 5) is 40.4. The lowest BCUT2D eigenvalue weighted by atomic mass is 9.86. The smallest absolute Gasteiger partial charge is 0.321 e. The molecule has 0 aromatic carbocycles. The van der Waals surface area contributed by atoms with E-state index in [1.165, 1.54) is 6.42 Å². The summed E-state index contributed by atoms with van der Waals surface area (Å²) in [5.41, 5.74) is 8.26. The van der Waals surface area contributed by atoms with Gasteiger partial charge in [0.25, 0.3) is 5.91 Å². The first kappa shape index (κ1) is 21.2. The molecule has 8 heteroatoms. The van der Waals surface area contributed by atoms with E-state index in [4.69, 9.17) is 5.73 Å². The Kier molecular flexibility index (Phi) is 7.24. The number of aryl methyl sites for hydroxylation is 1. The summed E-state index contributed by atoms with van der Waals surface area (Å²) in [5.74, 6) is -0.623. The predicted molar refractivity (Wildman–Crippen MR) is 106 cm³/mol. The second kappa shape index (κ2) is 9.21. The number of hydrogen-bond acceptors (Lipinski definition) is 5. The average molecular weight is 393 g/mol. The van der Waals surface area contributed by atoms with Crippen LogP contribution in [0.15, 0.2) is 5.03 Å². The van der Waals surface area contributed by atoms with E-state index in [0.29, 0.717) is 16.5 Å². The number of pyridine rings is 1. The molecule has 4 amide bonds. The van der Waals surface area contributed by atoms with E-state index in [1.54, 1.807) is 0 Å². The topological polar surface area (TPSA) is 114 Å². The van der Waals surface area contributed by atoms with Crippen LogP contribution in [0.25, 0.3) is 0 Å². The lowest BCUT2D eigenvalue weighted by Crippen LogP contribution is -2.48. The van der Waals surface area contributed by atoms with Crippen LogP contribution in [0, 0.1) is 26.7 Å². The number of carbonyl (C=O) groups is 3. The highest BCUT2D eigenvalue weighted by atomic mass is 32.2. The van der Waals surface area contributed by atoms with Gasteiger partial charge >= 0.3 is 6.03 Å². The first-order valence-electron chi connectivity index (χ1n) is 9.21. The van der Waals surface area contributed by atoms with Crippen molar-refractivity contribution in [3.63, 3.8) is 0 Å². The second-order valence-corrected chi connectivity index (χ2v) is 8.13. The van der Waals surface area contributed by atoms with Gasteiger partial charge in [-0.2, -0.15) is 0 Å². The highest BCUT2D eigenvalue weighted by Crippen LogP contribution is 2.27. The molecular weight excluding hydrogens is 364 g/mol. The van der Waals surface area contributed by atoms with Crippen LogP contribution < -0.4 is 16.4 Å². The van der Waals surface area contributed by atoms with Crippen molar-refractivity contribution in [1.29, 1.82) is 0 Å². The molecule has 1 saturated carbocycles. The van der Waals surface area contributed by atoms with E-state index in [2.05, 4.69) is 22.5 Å². The summed E-state index contributed by atoms with van der Waals surface area (Å²) in [7, 11) is 0. The van der Waals surface area contributed by atoms with E-state index in [1.807, 2.05) is 20.8 Å². The SMILES string of the molecule is Cc1nc(SCC(=O)NC(=O)N[C@H]2CCCC[C@@H]2C)c(C(N)=O)c(C)c1C. The summed E-state index contributed by atoms with van der Waals surface area (Å²) in [5, 5.41) is 5.65. The van der Waals surface area contributed by atoms with Crippen LogP contribution >= 0.6 is 11.8 Å². The zero-order valence-corrected chi connectivity index (χ0v) is 17.2. The first-order chi connectivity index (χ1) is 12.7. The van der Waals surface area contributed by atoms with Crippen molar-refractivity contribution in [2.24, 2.45) is 11.7 Å². The fourth-order valence-corrected chi connectivity index (χ4v) is 4.28. The zero-order valence-electron chi connectivity index (χ0n) is 16.3. The molecule has 0 bridgehead atoms. The second-order valence-electron chi connectivity index (χ2n) is 7.17. The molecule has 2 rings (SSSR count). The molecule has 4 N–H and O–H groups in total. The molecular formula is C19H28N4O3S. The van der Waals surface area contributed by atoms with Gasteiger partial charge in [0.15, 0.2) is 0 Å². The number of imide groups is 1. The molecule has 7 nitrogen and oxygen atoms in total. The van der Waals surface area contributed by atoms with Crippen LogP contribution in [0.5, 0.6) is 0 Å². The lowest BCUT2D eigenvalue weighted by Gasteiger charge is -2.29. The highest BCUT2D eigenvalue weighted by molar-refractivity contribution is 8.00. The van der Waals surface area contributed by atoms with Gasteiger partial charge in [-0.1, -0.05) is 31.5 Å². The van der Waals surface area contributed by atoms with Crippen LogP contribution in [-0.4, -0.2) is 34.6 Å². The Hall–Kier alpha value is -2.09. The molecule has 0 unspecified atom stereocenters. The molecule has 0 saturated heterocycles. The Morgan fingerprint density at radius 3 is 2.44 bits per heavy atom. The van der Waals surface area contributed by atoms with Crippen molar-refractivity contribution in [3.8, 4) is 0 Å². The average Bonchev–Trinajstić information content (AvgIpc) is 2.59. The van der Waals surface area contributed by atoms with Crippen LogP contribution in [0.1, 0.15) is 59.8 Å². The summed E-state index contributed by atoms with van der Waals surface area (Å²) in [6.07, 6.45) is 4.29. The van der Waals surface area contributed by atoms with E-state index in [0.717, 1.165) is 47.8 Å². The largest absolute Gasteiger partial charge is 0.366 e. The number of amides is 4. The highest BCUT2D eigenvalue weighted by Gasteiger charge is 2.24. The molecule has 27 heavy (non-hydrogen) atoms. The molecule has 148 valence electrons. The number of carbonyl (C=O) groups excluding carboxylic acids is 3. The minimum absolute atomic E-state index is 0.0249. The molecule has 0 spiro atoms. The van der Waals surface area contributed by atoms with Gasteiger partial charge in [-0.05, 0) is 50.7 Å². The van der Waals surface area contributed by atoms with Crippen molar-refractivity contribution in [2.75, 3.05) is 5.75 Å². The Morgan fingerprint density at radius 1 is 1.15 bits per heavy atom. The van der Waals surface area contributed by atoms with Crippen molar-refractivity contribution < 1.29 is 14.4 Å². The number of urea groups is 1. The number of primary amides is 1. The molecule has 1 heterocycles. The van der Waals surface area contributed by atoms with Crippen LogP contribution in [0.3, 0.4) is 0 Å². The Bertz CT molecular complexity index is 751. The predicted octanol–water partition coefficient (Wildman–Crippen LogP) is 2.60. The third kappa shape index (κ3) is 5.45. The molecule has 1 fully saturated rings. The van der Waals surface area contributed by atoms with Gasteiger partial charge in [0.1, 0.15) is 5.03 Å². The quantitative estimate of drug-likeness (QED) is 0.667. The normalized spacial score (nSPS) is 19.4. The maximum atomic E-state index is 12.1. The summed E-state index contributed by atoms with van der Waals surface area (Å²) in [6, 6.07) is -0.372. The minimum Gasteiger partial charge on any atom is -0.366 e. The van der Waals surface area contributed by atoms with Crippen molar-refractivity contribution in [2.45, 2.75) is 64.4 Å². The van der Waals surface area contributed by atoms with Gasteiger partial charge in [0.2, 0.25) is 5.91 Å². The fourth-order valence-electron chi connectivity index (χ4n) is 3.34. The summed E-state index contributed by atoms with van der Waals surface area (Å²) in [6.45, 7) is 7.64. The number of nitrogens with zero attached hydrogens (tertiary/aromatic N) is 1. The van der Waals surface area contributed by atoms with Gasteiger partial charge in [-0.25, -0.2) is 9.78 Å². The number of nitrogens with two attached hydrogens (primary N) is 1. The maximum Gasteiger partial charge on any atom is 0.321 e. The number of hydrogen-bond donors (Lipinski definition) is 3. The third-order valence-electron chi connectivity index (χ3n) is 5.23. The van der Waals surface area contributed by atoms with Gasteiger partial charge in [-0.15, -0.1) is 0 Å². The van der Waals surface area contributed by atoms with Gasteiger partial charge in [0, 0.05) is 11.7 Å². The van der Waals surface area contributed by atoms with Crippen molar-refractivity contribution >= 4 is 29.6 Å². The van der Waals surface area contributed by atoms with Crippen molar-refractivity contribution in [1.82, 2.24) is 15.6 Å². The number of thioether (sulfide) groups is 1. The van der Waals surface area contributed by atoms with E-state index >= 15 is 0 Å². The Balaban J connectivity index is 1.95. The molecule has 0 radical (unpaired) electrons. The standard InChI is InChI=1S/C19H28N4O3S/c1-10-7-5-6-8-14(10)22-19(26)23-15(24)9-27-18-16(17(20)25)12(3)11(2)13(4)21-18/h10,14H,5-9H2,1-4H3,(H2,20,25)(H2,22,23,24,26)/t10-,14-/m0/s1. The minimum atomic E-state index is -0.574. The summed E-state index contributed by atoms with van der Waals surface area (Å²) < 4.78 is 0. The number of nitrogens with one attached hydrogen (secondary N) is 2. The summed E-state index contributed by atoms with van der Waals surface area (Å²) >= 11 is 1.11. The zero-order chi connectivity index (χ0) is 20.1. The van der Waals surface area contributed by atoms with Crippen LogP contribution in [0.4, 0.5) is 4.79 Å². The first-order valence-corrected chi connectivity index (χ1v) is 10.2. The third-order valence-corrected chi connectivity index (χ3v) is 6.21.